The molecule has 0 unspecified atom stereocenters. The first-order chi connectivity index (χ1) is 9.22. The van der Waals surface area contributed by atoms with Crippen molar-refractivity contribution in [3.8, 4) is 0 Å². The van der Waals surface area contributed by atoms with E-state index in [2.05, 4.69) is 29.4 Å². The first kappa shape index (κ1) is 12.2. The summed E-state index contributed by atoms with van der Waals surface area (Å²) in [6.45, 7) is 4.97. The molecular weight excluding hydrogens is 256 g/mol. The van der Waals surface area contributed by atoms with Gasteiger partial charge in [0.2, 0.25) is 0 Å². The normalized spacial score (nSPS) is 11.1. The smallest absolute Gasteiger partial charge is 0.183 e. The Bertz CT molecular complexity index is 647. The predicted molar refractivity (Wildman–Crippen MR) is 80.0 cm³/mol. The van der Waals surface area contributed by atoms with Gasteiger partial charge in [-0.05, 0) is 26.0 Å². The van der Waals surface area contributed by atoms with Gasteiger partial charge in [-0.2, -0.15) is 0 Å². The molecule has 3 nitrogen and oxygen atoms in total. The standard InChI is InChI=1S/C15H16N2OS/c1-10-11(2)19-15(17-10)16-8-7-13-9-12-5-3-4-6-14(12)18-13/h3-6,9H,7-8H2,1-2H3,(H,16,17). The molecule has 1 aromatic carbocycles. The largest absolute Gasteiger partial charge is 0.461 e. The molecule has 0 aliphatic carbocycles. The maximum absolute atomic E-state index is 5.78. The molecule has 0 fully saturated rings. The molecule has 2 heterocycles. The Morgan fingerprint density at radius 2 is 2.11 bits per heavy atom. The first-order valence-corrected chi connectivity index (χ1v) is 7.19. The highest BCUT2D eigenvalue weighted by Crippen LogP contribution is 2.22. The molecule has 1 N–H and O–H groups in total. The topological polar surface area (TPSA) is 38.1 Å². The van der Waals surface area contributed by atoms with E-state index in [0.29, 0.717) is 0 Å². The average molecular weight is 272 g/mol. The second kappa shape index (κ2) is 5.05. The minimum Gasteiger partial charge on any atom is -0.461 e. The molecule has 4 heteroatoms. The fraction of sp³-hybridized carbons (Fsp3) is 0.267. The van der Waals surface area contributed by atoms with E-state index in [1.54, 1.807) is 11.3 Å². The van der Waals surface area contributed by atoms with Crippen LogP contribution in [0.4, 0.5) is 5.13 Å². The third kappa shape index (κ3) is 2.63. The Morgan fingerprint density at radius 3 is 2.84 bits per heavy atom. The second-order valence-electron chi connectivity index (χ2n) is 4.59. The number of aryl methyl sites for hydroxylation is 2. The van der Waals surface area contributed by atoms with E-state index in [1.807, 2.05) is 25.1 Å². The van der Waals surface area contributed by atoms with E-state index in [0.717, 1.165) is 35.1 Å². The SMILES string of the molecule is Cc1nc(NCCc2cc3ccccc3o2)sc1C. The number of benzene rings is 1. The van der Waals surface area contributed by atoms with Crippen molar-refractivity contribution in [3.05, 3.63) is 46.7 Å². The van der Waals surface area contributed by atoms with Crippen LogP contribution < -0.4 is 5.32 Å². The number of para-hydroxylation sites is 1. The van der Waals surface area contributed by atoms with Crippen LogP contribution in [0.5, 0.6) is 0 Å². The van der Waals surface area contributed by atoms with Crippen molar-refractivity contribution >= 4 is 27.4 Å². The number of furan rings is 1. The summed E-state index contributed by atoms with van der Waals surface area (Å²) in [4.78, 5) is 5.73. The molecule has 2 aromatic heterocycles. The zero-order valence-electron chi connectivity index (χ0n) is 11.1. The summed E-state index contributed by atoms with van der Waals surface area (Å²) in [6, 6.07) is 10.2. The van der Waals surface area contributed by atoms with Crippen molar-refractivity contribution in [2.75, 3.05) is 11.9 Å². The van der Waals surface area contributed by atoms with Gasteiger partial charge in [0.05, 0.1) is 5.69 Å². The number of nitrogens with zero attached hydrogens (tertiary/aromatic N) is 1. The molecule has 3 rings (SSSR count). The monoisotopic (exact) mass is 272 g/mol. The Labute approximate surface area is 116 Å². The van der Waals surface area contributed by atoms with Gasteiger partial charge in [0.15, 0.2) is 5.13 Å². The van der Waals surface area contributed by atoms with Crippen molar-refractivity contribution in [2.24, 2.45) is 0 Å². The molecule has 0 aliphatic heterocycles. The quantitative estimate of drug-likeness (QED) is 0.775. The van der Waals surface area contributed by atoms with Crippen LogP contribution in [0.2, 0.25) is 0 Å². The summed E-state index contributed by atoms with van der Waals surface area (Å²) in [5.74, 6) is 1.01. The van der Waals surface area contributed by atoms with Gasteiger partial charge in [-0.1, -0.05) is 18.2 Å². The Balaban J connectivity index is 1.63. The second-order valence-corrected chi connectivity index (χ2v) is 5.79. The maximum Gasteiger partial charge on any atom is 0.183 e. The first-order valence-electron chi connectivity index (χ1n) is 6.38. The van der Waals surface area contributed by atoms with Crippen LogP contribution in [0.3, 0.4) is 0 Å². The summed E-state index contributed by atoms with van der Waals surface area (Å²) in [5, 5.41) is 5.50. The molecule has 0 spiro atoms. The molecule has 98 valence electrons. The summed E-state index contributed by atoms with van der Waals surface area (Å²) >= 11 is 1.70. The summed E-state index contributed by atoms with van der Waals surface area (Å²) < 4.78 is 5.78. The number of thiazole rings is 1. The minimum atomic E-state index is 0.839. The number of rotatable bonds is 4. The number of anilines is 1. The lowest BCUT2D eigenvalue weighted by molar-refractivity contribution is 0.553. The van der Waals surface area contributed by atoms with Gasteiger partial charge < -0.3 is 9.73 Å². The third-order valence-electron chi connectivity index (χ3n) is 3.15. The lowest BCUT2D eigenvalue weighted by atomic mass is 10.2. The van der Waals surface area contributed by atoms with Crippen LogP contribution in [-0.2, 0) is 6.42 Å². The number of hydrogen-bond donors (Lipinski definition) is 1. The molecular formula is C15H16N2OS. The molecule has 0 saturated carbocycles. The van der Waals surface area contributed by atoms with Crippen LogP contribution >= 0.6 is 11.3 Å². The zero-order chi connectivity index (χ0) is 13.2. The van der Waals surface area contributed by atoms with Crippen molar-refractivity contribution in [1.82, 2.24) is 4.98 Å². The van der Waals surface area contributed by atoms with Gasteiger partial charge in [-0.25, -0.2) is 4.98 Å². The zero-order valence-corrected chi connectivity index (χ0v) is 11.9. The number of nitrogens with one attached hydrogen (secondary N) is 1. The fourth-order valence-corrected chi connectivity index (χ4v) is 2.84. The Morgan fingerprint density at radius 1 is 1.26 bits per heavy atom. The van der Waals surface area contributed by atoms with Crippen LogP contribution in [0.25, 0.3) is 11.0 Å². The van der Waals surface area contributed by atoms with Crippen LogP contribution in [0.1, 0.15) is 16.3 Å². The van der Waals surface area contributed by atoms with Crippen molar-refractivity contribution < 1.29 is 4.42 Å². The lowest BCUT2D eigenvalue weighted by Gasteiger charge is -1.99. The van der Waals surface area contributed by atoms with Crippen LogP contribution in [-0.4, -0.2) is 11.5 Å². The molecule has 19 heavy (non-hydrogen) atoms. The van der Waals surface area contributed by atoms with Gasteiger partial charge in [0.25, 0.3) is 0 Å². The van der Waals surface area contributed by atoms with Crippen molar-refractivity contribution in [1.29, 1.82) is 0 Å². The predicted octanol–water partition coefficient (Wildman–Crippen LogP) is 4.16. The molecule has 0 atom stereocenters. The van der Waals surface area contributed by atoms with Crippen LogP contribution in [0, 0.1) is 13.8 Å². The van der Waals surface area contributed by atoms with Gasteiger partial charge in [-0.15, -0.1) is 11.3 Å². The molecule has 0 bridgehead atoms. The minimum absolute atomic E-state index is 0.839. The summed E-state index contributed by atoms with van der Waals surface area (Å²) in [6.07, 6.45) is 0.867. The van der Waals surface area contributed by atoms with E-state index in [9.17, 15) is 0 Å². The molecule has 0 amide bonds. The number of hydrogen-bond acceptors (Lipinski definition) is 4. The third-order valence-corrected chi connectivity index (χ3v) is 4.18. The maximum atomic E-state index is 5.78. The van der Waals surface area contributed by atoms with Crippen molar-refractivity contribution in [3.63, 3.8) is 0 Å². The molecule has 3 aromatic rings. The Kier molecular flexibility index (Phi) is 3.25. The highest BCUT2D eigenvalue weighted by Gasteiger charge is 2.05. The van der Waals surface area contributed by atoms with Gasteiger partial charge in [0.1, 0.15) is 11.3 Å². The highest BCUT2D eigenvalue weighted by atomic mass is 32.1. The molecule has 0 radical (unpaired) electrons. The summed E-state index contributed by atoms with van der Waals surface area (Å²) in [7, 11) is 0. The van der Waals surface area contributed by atoms with Gasteiger partial charge >= 0.3 is 0 Å². The van der Waals surface area contributed by atoms with Gasteiger partial charge in [-0.3, -0.25) is 0 Å². The lowest BCUT2D eigenvalue weighted by Crippen LogP contribution is -2.03. The molecule has 0 aliphatic rings. The van der Waals surface area contributed by atoms with Crippen molar-refractivity contribution in [2.45, 2.75) is 20.3 Å². The van der Waals surface area contributed by atoms with E-state index < -0.39 is 0 Å². The van der Waals surface area contributed by atoms with E-state index in [4.69, 9.17) is 4.42 Å². The summed E-state index contributed by atoms with van der Waals surface area (Å²) in [5.41, 5.74) is 2.06. The molecule has 0 saturated heterocycles. The van der Waals surface area contributed by atoms with E-state index in [1.165, 1.54) is 10.3 Å². The number of fused-ring (bicyclic) bond motifs is 1. The van der Waals surface area contributed by atoms with E-state index >= 15 is 0 Å². The van der Waals surface area contributed by atoms with Crippen LogP contribution in [0.15, 0.2) is 34.7 Å². The average Bonchev–Trinajstić information content (AvgIpc) is 2.93. The fourth-order valence-electron chi connectivity index (χ4n) is 2.00. The Hall–Kier alpha value is -1.81. The highest BCUT2D eigenvalue weighted by molar-refractivity contribution is 7.15. The van der Waals surface area contributed by atoms with Gasteiger partial charge in [0, 0.05) is 23.2 Å². The number of aromatic nitrogens is 1. The van der Waals surface area contributed by atoms with E-state index in [-0.39, 0.29) is 0 Å².